The lowest BCUT2D eigenvalue weighted by molar-refractivity contribution is 0.0547. The molecule has 1 aliphatic heterocycles. The summed E-state index contributed by atoms with van der Waals surface area (Å²) in [6.45, 7) is 1.14. The number of carbonyl (C=O) groups is 2. The summed E-state index contributed by atoms with van der Waals surface area (Å²) in [6.07, 6.45) is 7.16. The predicted molar refractivity (Wildman–Crippen MR) is 97.7 cm³/mol. The lowest BCUT2D eigenvalue weighted by Gasteiger charge is -2.20. The van der Waals surface area contributed by atoms with E-state index in [-0.39, 0.29) is 17.4 Å². The largest absolute Gasteiger partial charge is 0.463 e. The molecule has 1 saturated heterocycles. The minimum atomic E-state index is -0.437. The second kappa shape index (κ2) is 7.77. The number of rotatable bonds is 5. The smallest absolute Gasteiger partial charge is 0.277 e. The summed E-state index contributed by atoms with van der Waals surface area (Å²) in [6, 6.07) is 3.47. The Kier molecular flexibility index (Phi) is 5.03. The molecule has 0 radical (unpaired) electrons. The third kappa shape index (κ3) is 3.79. The van der Waals surface area contributed by atoms with Gasteiger partial charge in [-0.1, -0.05) is 11.3 Å². The normalized spacial score (nSPS) is 14.8. The van der Waals surface area contributed by atoms with Crippen LogP contribution < -0.4 is 5.32 Å². The quantitative estimate of drug-likeness (QED) is 0.674. The third-order valence-electron chi connectivity index (χ3n) is 4.21. The Morgan fingerprint density at radius 2 is 2.07 bits per heavy atom. The molecule has 27 heavy (non-hydrogen) atoms. The molecule has 0 aromatic carbocycles. The zero-order valence-electron chi connectivity index (χ0n) is 14.3. The van der Waals surface area contributed by atoms with Crippen LogP contribution in [-0.4, -0.2) is 39.9 Å². The number of furan rings is 1. The lowest BCUT2D eigenvalue weighted by Crippen LogP contribution is -2.23. The Morgan fingerprint density at radius 1 is 1.22 bits per heavy atom. The molecular weight excluding hydrogens is 368 g/mol. The first-order valence-corrected chi connectivity index (χ1v) is 9.28. The van der Waals surface area contributed by atoms with Gasteiger partial charge < -0.3 is 9.15 Å². The molecule has 1 fully saturated rings. The SMILES string of the molecule is O=C(Nc1nc(-c2ccco2)c(C(=O)C2CCOCC2)s1)c1cnccn1. The van der Waals surface area contributed by atoms with E-state index < -0.39 is 5.91 Å². The van der Waals surface area contributed by atoms with E-state index in [9.17, 15) is 9.59 Å². The number of nitrogens with one attached hydrogen (secondary N) is 1. The van der Waals surface area contributed by atoms with Crippen LogP contribution >= 0.6 is 11.3 Å². The van der Waals surface area contributed by atoms with E-state index in [1.54, 1.807) is 12.1 Å². The van der Waals surface area contributed by atoms with Gasteiger partial charge in [-0.15, -0.1) is 0 Å². The van der Waals surface area contributed by atoms with Crippen LogP contribution in [0, 0.1) is 5.92 Å². The Balaban J connectivity index is 1.63. The van der Waals surface area contributed by atoms with E-state index in [2.05, 4.69) is 20.3 Å². The van der Waals surface area contributed by atoms with Crippen molar-refractivity contribution in [2.45, 2.75) is 12.8 Å². The number of ketones is 1. The molecule has 4 rings (SSSR count). The van der Waals surface area contributed by atoms with Crippen LogP contribution in [0.4, 0.5) is 5.13 Å². The molecule has 138 valence electrons. The minimum Gasteiger partial charge on any atom is -0.463 e. The summed E-state index contributed by atoms with van der Waals surface area (Å²) >= 11 is 1.14. The van der Waals surface area contributed by atoms with Gasteiger partial charge in [0.2, 0.25) is 0 Å². The molecule has 0 saturated carbocycles. The van der Waals surface area contributed by atoms with Gasteiger partial charge in [0, 0.05) is 31.5 Å². The van der Waals surface area contributed by atoms with Crippen LogP contribution in [0.3, 0.4) is 0 Å². The van der Waals surface area contributed by atoms with Crippen LogP contribution in [0.1, 0.15) is 33.0 Å². The molecule has 1 N–H and O–H groups in total. The Hall–Kier alpha value is -2.91. The molecule has 0 aliphatic carbocycles. The molecule has 1 amide bonds. The maximum Gasteiger partial charge on any atom is 0.277 e. The first-order chi connectivity index (χ1) is 13.2. The second-order valence-corrected chi connectivity index (χ2v) is 6.97. The van der Waals surface area contributed by atoms with Crippen molar-refractivity contribution < 1.29 is 18.7 Å². The average Bonchev–Trinajstić information content (AvgIpc) is 3.38. The van der Waals surface area contributed by atoms with Gasteiger partial charge in [0.05, 0.1) is 12.5 Å². The fraction of sp³-hybridized carbons (Fsp3) is 0.278. The van der Waals surface area contributed by atoms with Crippen LogP contribution in [0.15, 0.2) is 41.4 Å². The number of carbonyl (C=O) groups excluding carboxylic acids is 2. The number of ether oxygens (including phenoxy) is 1. The summed E-state index contributed by atoms with van der Waals surface area (Å²) in [7, 11) is 0. The molecule has 0 spiro atoms. The third-order valence-corrected chi connectivity index (χ3v) is 5.20. The number of nitrogens with zero attached hydrogens (tertiary/aromatic N) is 3. The van der Waals surface area contributed by atoms with Gasteiger partial charge in [-0.25, -0.2) is 9.97 Å². The monoisotopic (exact) mass is 384 g/mol. The van der Waals surface area contributed by atoms with Gasteiger partial charge in [-0.2, -0.15) is 0 Å². The number of amides is 1. The summed E-state index contributed by atoms with van der Waals surface area (Å²) in [4.78, 5) is 38.1. The second-order valence-electron chi connectivity index (χ2n) is 5.97. The van der Waals surface area contributed by atoms with Gasteiger partial charge in [0.15, 0.2) is 16.7 Å². The molecule has 1 aliphatic rings. The fourth-order valence-corrected chi connectivity index (χ4v) is 3.83. The first-order valence-electron chi connectivity index (χ1n) is 8.46. The first kappa shape index (κ1) is 17.5. The lowest BCUT2D eigenvalue weighted by atomic mass is 9.94. The zero-order valence-corrected chi connectivity index (χ0v) is 15.1. The number of hydrogen-bond acceptors (Lipinski definition) is 8. The van der Waals surface area contributed by atoms with E-state index in [4.69, 9.17) is 9.15 Å². The molecule has 4 heterocycles. The molecule has 3 aromatic rings. The Bertz CT molecular complexity index is 934. The number of hydrogen-bond donors (Lipinski definition) is 1. The van der Waals surface area contributed by atoms with Gasteiger partial charge in [0.1, 0.15) is 16.3 Å². The fourth-order valence-electron chi connectivity index (χ4n) is 2.84. The van der Waals surface area contributed by atoms with Crippen LogP contribution in [0.25, 0.3) is 11.5 Å². The molecule has 0 unspecified atom stereocenters. The standard InChI is InChI=1S/C18H16N4O4S/c23-15(11-3-8-25-9-4-11)16-14(13-2-1-7-26-13)21-18(27-16)22-17(24)12-10-19-5-6-20-12/h1-2,5-7,10-11H,3-4,8-9H2,(H,21,22,24). The molecule has 9 heteroatoms. The average molecular weight is 384 g/mol. The number of Topliss-reactive ketones (excluding diaryl/α,β-unsaturated/α-hetero) is 1. The van der Waals surface area contributed by atoms with E-state index in [0.717, 1.165) is 11.3 Å². The Morgan fingerprint density at radius 3 is 2.78 bits per heavy atom. The zero-order chi connectivity index (χ0) is 18.6. The van der Waals surface area contributed by atoms with Crippen molar-refractivity contribution >= 4 is 28.2 Å². The van der Waals surface area contributed by atoms with E-state index in [1.165, 1.54) is 24.9 Å². The topological polar surface area (TPSA) is 107 Å². The van der Waals surface area contributed by atoms with Gasteiger partial charge in [-0.05, 0) is 25.0 Å². The van der Waals surface area contributed by atoms with Gasteiger partial charge >= 0.3 is 0 Å². The molecule has 0 bridgehead atoms. The number of thiazole rings is 1. The van der Waals surface area contributed by atoms with Crippen molar-refractivity contribution in [3.63, 3.8) is 0 Å². The van der Waals surface area contributed by atoms with E-state index in [0.29, 0.717) is 47.5 Å². The maximum absolute atomic E-state index is 13.0. The van der Waals surface area contributed by atoms with Crippen molar-refractivity contribution in [3.8, 4) is 11.5 Å². The van der Waals surface area contributed by atoms with Crippen molar-refractivity contribution in [1.82, 2.24) is 15.0 Å². The molecule has 3 aromatic heterocycles. The predicted octanol–water partition coefficient (Wildman–Crippen LogP) is 3.05. The highest BCUT2D eigenvalue weighted by Crippen LogP contribution is 2.35. The summed E-state index contributed by atoms with van der Waals surface area (Å²) in [5.41, 5.74) is 0.612. The maximum atomic E-state index is 13.0. The van der Waals surface area contributed by atoms with Crippen LogP contribution in [-0.2, 0) is 4.74 Å². The Labute approximate surface area is 158 Å². The minimum absolute atomic E-state index is 0.00204. The summed E-state index contributed by atoms with van der Waals surface area (Å²) in [5, 5.41) is 3.00. The van der Waals surface area contributed by atoms with Crippen molar-refractivity contribution in [1.29, 1.82) is 0 Å². The highest BCUT2D eigenvalue weighted by Gasteiger charge is 2.29. The van der Waals surface area contributed by atoms with E-state index in [1.807, 2.05) is 0 Å². The summed E-state index contributed by atoms with van der Waals surface area (Å²) in [5.74, 6) is -0.0618. The molecule has 0 atom stereocenters. The highest BCUT2D eigenvalue weighted by atomic mass is 32.1. The summed E-state index contributed by atoms with van der Waals surface area (Å²) < 4.78 is 10.8. The highest BCUT2D eigenvalue weighted by molar-refractivity contribution is 7.18. The van der Waals surface area contributed by atoms with Crippen molar-refractivity contribution in [2.75, 3.05) is 18.5 Å². The molecule has 8 nitrogen and oxygen atoms in total. The number of anilines is 1. The van der Waals surface area contributed by atoms with Gasteiger partial charge in [0.25, 0.3) is 5.91 Å². The van der Waals surface area contributed by atoms with Crippen LogP contribution in [0.2, 0.25) is 0 Å². The van der Waals surface area contributed by atoms with E-state index >= 15 is 0 Å². The van der Waals surface area contributed by atoms with Gasteiger partial charge in [-0.3, -0.25) is 19.9 Å². The number of aromatic nitrogens is 3. The molecular formula is C18H16N4O4S. The van der Waals surface area contributed by atoms with Crippen LogP contribution in [0.5, 0.6) is 0 Å². The van der Waals surface area contributed by atoms with Crippen molar-refractivity contribution in [3.05, 3.63) is 47.6 Å². The van der Waals surface area contributed by atoms with Crippen molar-refractivity contribution in [2.24, 2.45) is 5.92 Å².